The summed E-state index contributed by atoms with van der Waals surface area (Å²) in [5, 5.41) is 15.2. The van der Waals surface area contributed by atoms with Gasteiger partial charge >= 0.3 is 0 Å². The summed E-state index contributed by atoms with van der Waals surface area (Å²) in [6.07, 6.45) is 0. The third-order valence-electron chi connectivity index (χ3n) is 3.98. The second kappa shape index (κ2) is 8.44. The molecule has 0 atom stereocenters. The van der Waals surface area contributed by atoms with Crippen molar-refractivity contribution < 1.29 is 9.47 Å². The first-order valence-electron chi connectivity index (χ1n) is 8.56. The normalized spacial score (nSPS) is 10.7. The van der Waals surface area contributed by atoms with E-state index in [-0.39, 0.29) is 6.61 Å². The number of hydrogen-bond donors (Lipinski definition) is 1. The van der Waals surface area contributed by atoms with Crippen molar-refractivity contribution in [3.63, 3.8) is 0 Å². The van der Waals surface area contributed by atoms with Crippen molar-refractivity contribution in [2.45, 2.75) is 27.0 Å². The molecule has 26 heavy (non-hydrogen) atoms. The molecule has 0 aliphatic carbocycles. The Bertz CT molecular complexity index is 845. The Balaban J connectivity index is 1.73. The van der Waals surface area contributed by atoms with Crippen LogP contribution in [0, 0.1) is 6.92 Å². The molecule has 0 amide bonds. The minimum absolute atomic E-state index is 0.240. The van der Waals surface area contributed by atoms with E-state index in [0.29, 0.717) is 17.3 Å². The zero-order chi connectivity index (χ0) is 18.4. The van der Waals surface area contributed by atoms with Crippen LogP contribution < -0.4 is 14.8 Å². The van der Waals surface area contributed by atoms with Gasteiger partial charge in [-0.2, -0.15) is 4.68 Å². The van der Waals surface area contributed by atoms with Crippen LogP contribution in [0.25, 0.3) is 5.69 Å². The first-order chi connectivity index (χ1) is 12.7. The molecule has 1 heterocycles. The molecule has 0 bridgehead atoms. The lowest BCUT2D eigenvalue weighted by Crippen LogP contribution is -2.12. The van der Waals surface area contributed by atoms with Crippen LogP contribution in [0.5, 0.6) is 11.5 Å². The summed E-state index contributed by atoms with van der Waals surface area (Å²) >= 11 is 0. The van der Waals surface area contributed by atoms with Crippen LogP contribution in [0.3, 0.4) is 0 Å². The summed E-state index contributed by atoms with van der Waals surface area (Å²) in [6, 6.07) is 13.9. The van der Waals surface area contributed by atoms with Crippen LogP contribution in [0.1, 0.15) is 23.9 Å². The molecule has 0 aliphatic heterocycles. The fourth-order valence-corrected chi connectivity index (χ4v) is 2.54. The molecular formula is C19H23N5O2. The number of benzene rings is 2. The maximum absolute atomic E-state index is 5.91. The fraction of sp³-hybridized carbons (Fsp3) is 0.316. The van der Waals surface area contributed by atoms with E-state index in [9.17, 15) is 0 Å². The third-order valence-corrected chi connectivity index (χ3v) is 3.98. The Labute approximate surface area is 152 Å². The van der Waals surface area contributed by atoms with Crippen molar-refractivity contribution in [3.8, 4) is 17.2 Å². The summed E-state index contributed by atoms with van der Waals surface area (Å²) in [4.78, 5) is 0. The topological polar surface area (TPSA) is 74.1 Å². The number of hydrogen-bond acceptors (Lipinski definition) is 6. The summed E-state index contributed by atoms with van der Waals surface area (Å²) < 4.78 is 13.0. The maximum Gasteiger partial charge on any atom is 0.194 e. The largest absolute Gasteiger partial charge is 0.493 e. The zero-order valence-electron chi connectivity index (χ0n) is 15.3. The van der Waals surface area contributed by atoms with Gasteiger partial charge in [-0.15, -0.1) is 5.10 Å². The summed E-state index contributed by atoms with van der Waals surface area (Å²) in [7, 11) is 1.63. The van der Waals surface area contributed by atoms with Gasteiger partial charge in [-0.1, -0.05) is 30.7 Å². The highest BCUT2D eigenvalue weighted by Gasteiger charge is 2.11. The first kappa shape index (κ1) is 17.9. The third kappa shape index (κ3) is 4.18. The van der Waals surface area contributed by atoms with Crippen LogP contribution in [0.4, 0.5) is 0 Å². The Morgan fingerprint density at radius 2 is 1.88 bits per heavy atom. The van der Waals surface area contributed by atoms with Gasteiger partial charge < -0.3 is 14.8 Å². The van der Waals surface area contributed by atoms with Crippen LogP contribution in [0.15, 0.2) is 42.5 Å². The molecule has 7 nitrogen and oxygen atoms in total. The van der Waals surface area contributed by atoms with E-state index in [1.165, 1.54) is 5.56 Å². The van der Waals surface area contributed by atoms with Crippen molar-refractivity contribution >= 4 is 0 Å². The van der Waals surface area contributed by atoms with E-state index >= 15 is 0 Å². The maximum atomic E-state index is 5.91. The molecule has 1 aromatic heterocycles. The van der Waals surface area contributed by atoms with Gasteiger partial charge in [0.05, 0.1) is 12.8 Å². The van der Waals surface area contributed by atoms with Gasteiger partial charge in [-0.05, 0) is 53.7 Å². The van der Waals surface area contributed by atoms with Crippen molar-refractivity contribution in [3.05, 3.63) is 59.4 Å². The van der Waals surface area contributed by atoms with E-state index in [4.69, 9.17) is 9.47 Å². The molecule has 7 heteroatoms. The van der Waals surface area contributed by atoms with Gasteiger partial charge in [-0.3, -0.25) is 0 Å². The highest BCUT2D eigenvalue weighted by atomic mass is 16.5. The van der Waals surface area contributed by atoms with Gasteiger partial charge in [0, 0.05) is 6.54 Å². The summed E-state index contributed by atoms with van der Waals surface area (Å²) in [6.45, 7) is 6.07. The Hall–Kier alpha value is -2.93. The zero-order valence-corrected chi connectivity index (χ0v) is 15.3. The molecule has 136 valence electrons. The van der Waals surface area contributed by atoms with Crippen LogP contribution in [-0.4, -0.2) is 33.9 Å². The molecule has 0 aliphatic rings. The number of aryl methyl sites for hydroxylation is 1. The predicted molar refractivity (Wildman–Crippen MR) is 98.6 cm³/mol. The van der Waals surface area contributed by atoms with E-state index in [1.807, 2.05) is 49.4 Å². The second-order valence-electron chi connectivity index (χ2n) is 5.90. The molecule has 0 fully saturated rings. The number of tetrazole rings is 1. The summed E-state index contributed by atoms with van der Waals surface area (Å²) in [5.74, 6) is 1.97. The SMILES string of the molecule is CCNCc1ccc(OCc2nnnn2-c2ccc(C)cc2)c(OC)c1. The molecule has 0 spiro atoms. The quantitative estimate of drug-likeness (QED) is 0.671. The highest BCUT2D eigenvalue weighted by Crippen LogP contribution is 2.28. The summed E-state index contributed by atoms with van der Waals surface area (Å²) in [5.41, 5.74) is 3.22. The molecule has 2 aromatic carbocycles. The number of aromatic nitrogens is 4. The van der Waals surface area contributed by atoms with Crippen molar-refractivity contribution in [1.29, 1.82) is 0 Å². The Morgan fingerprint density at radius 1 is 1.08 bits per heavy atom. The first-order valence-corrected chi connectivity index (χ1v) is 8.56. The number of methoxy groups -OCH3 is 1. The molecule has 0 radical (unpaired) electrons. The average Bonchev–Trinajstić information content (AvgIpc) is 3.14. The second-order valence-corrected chi connectivity index (χ2v) is 5.90. The fourth-order valence-electron chi connectivity index (χ4n) is 2.54. The highest BCUT2D eigenvalue weighted by molar-refractivity contribution is 5.43. The molecule has 0 unspecified atom stereocenters. The van der Waals surface area contributed by atoms with Gasteiger partial charge in [0.15, 0.2) is 23.9 Å². The van der Waals surface area contributed by atoms with E-state index in [0.717, 1.165) is 24.3 Å². The Morgan fingerprint density at radius 3 is 2.62 bits per heavy atom. The number of nitrogens with one attached hydrogen (secondary N) is 1. The van der Waals surface area contributed by atoms with Gasteiger partial charge in [0.25, 0.3) is 0 Å². The molecule has 0 saturated heterocycles. The van der Waals surface area contributed by atoms with Gasteiger partial charge in [0.2, 0.25) is 0 Å². The van der Waals surface area contributed by atoms with E-state index in [1.54, 1.807) is 11.8 Å². The lowest BCUT2D eigenvalue weighted by Gasteiger charge is -2.12. The lowest BCUT2D eigenvalue weighted by atomic mass is 10.2. The molecule has 0 saturated carbocycles. The number of nitrogens with zero attached hydrogens (tertiary/aromatic N) is 4. The monoisotopic (exact) mass is 353 g/mol. The number of rotatable bonds is 8. The van der Waals surface area contributed by atoms with Gasteiger partial charge in [0.1, 0.15) is 0 Å². The molecular weight excluding hydrogens is 330 g/mol. The molecule has 1 N–H and O–H groups in total. The van der Waals surface area contributed by atoms with E-state index in [2.05, 4.69) is 27.8 Å². The minimum Gasteiger partial charge on any atom is -0.493 e. The van der Waals surface area contributed by atoms with Crippen molar-refractivity contribution in [2.75, 3.05) is 13.7 Å². The average molecular weight is 353 g/mol. The smallest absolute Gasteiger partial charge is 0.194 e. The minimum atomic E-state index is 0.240. The van der Waals surface area contributed by atoms with Crippen molar-refractivity contribution in [1.82, 2.24) is 25.5 Å². The Kier molecular flexibility index (Phi) is 5.80. The van der Waals surface area contributed by atoms with Crippen LogP contribution >= 0.6 is 0 Å². The number of ether oxygens (including phenoxy) is 2. The van der Waals surface area contributed by atoms with Crippen molar-refractivity contribution in [2.24, 2.45) is 0 Å². The van der Waals surface area contributed by atoms with Gasteiger partial charge in [-0.25, -0.2) is 0 Å². The predicted octanol–water partition coefficient (Wildman–Crippen LogP) is 2.67. The van der Waals surface area contributed by atoms with Crippen LogP contribution in [0.2, 0.25) is 0 Å². The van der Waals surface area contributed by atoms with E-state index < -0.39 is 0 Å². The lowest BCUT2D eigenvalue weighted by molar-refractivity contribution is 0.273. The molecule has 3 rings (SSSR count). The standard InChI is InChI=1S/C19H23N5O2/c1-4-20-12-15-7-10-17(18(11-15)25-3)26-13-19-21-22-23-24(19)16-8-5-14(2)6-9-16/h5-11,20H,4,12-13H2,1-3H3. The molecule has 3 aromatic rings. The van der Waals surface area contributed by atoms with Crippen LogP contribution in [-0.2, 0) is 13.2 Å².